The summed E-state index contributed by atoms with van der Waals surface area (Å²) in [5.41, 5.74) is -0.0956. The molecule has 2 atom stereocenters. The molecule has 2 bridgehead atoms. The Balaban J connectivity index is 1.94. The average molecular weight is 363 g/mol. The summed E-state index contributed by atoms with van der Waals surface area (Å²) >= 11 is 5.79. The van der Waals surface area contributed by atoms with E-state index in [9.17, 15) is 19.5 Å². The topological polar surface area (TPSA) is 95.8 Å². The van der Waals surface area contributed by atoms with Crippen molar-refractivity contribution in [3.05, 3.63) is 34.9 Å². The highest BCUT2D eigenvalue weighted by Gasteiger charge is 2.77. The molecule has 7 heteroatoms. The average Bonchev–Trinajstić information content (AvgIpc) is 2.82. The quantitative estimate of drug-likeness (QED) is 0.638. The van der Waals surface area contributed by atoms with Crippen molar-refractivity contribution in [2.45, 2.75) is 33.6 Å². The molecule has 2 N–H and O–H groups in total. The number of hydrogen-bond donors (Lipinski definition) is 2. The molecule has 2 fully saturated rings. The zero-order valence-electron chi connectivity index (χ0n) is 14.2. The molecule has 6 nitrogen and oxygen atoms in total. The van der Waals surface area contributed by atoms with Gasteiger partial charge in [-0.15, -0.1) is 0 Å². The van der Waals surface area contributed by atoms with Gasteiger partial charge in [0.1, 0.15) is 11.1 Å². The Bertz CT molecular complexity index is 815. The van der Waals surface area contributed by atoms with E-state index in [1.54, 1.807) is 38.1 Å². The lowest BCUT2D eigenvalue weighted by Crippen LogP contribution is -2.44. The van der Waals surface area contributed by atoms with Crippen LogP contribution in [0.2, 0.25) is 5.02 Å². The highest BCUT2D eigenvalue weighted by atomic mass is 35.5. The number of benzene rings is 1. The Morgan fingerprint density at radius 3 is 2.28 bits per heavy atom. The lowest BCUT2D eigenvalue weighted by molar-refractivity contribution is -0.158. The number of fused-ring (bicyclic) bond motifs is 2. The first-order valence-corrected chi connectivity index (χ1v) is 8.38. The minimum Gasteiger partial charge on any atom is -0.480 e. The van der Waals surface area contributed by atoms with Crippen molar-refractivity contribution in [2.24, 2.45) is 21.3 Å². The SMILES string of the molecule is CC1(C)[C@]2(C(=O)O)CC[C@@]1(C)/C(=N/NC(=O)c1ccc(Cl)cc1)C2=O. The number of hydrazone groups is 1. The number of ketones is 1. The maximum Gasteiger partial charge on any atom is 0.318 e. The number of hydrogen-bond acceptors (Lipinski definition) is 4. The molecule has 0 aromatic heterocycles. The van der Waals surface area contributed by atoms with Gasteiger partial charge in [-0.1, -0.05) is 32.4 Å². The first-order chi connectivity index (χ1) is 11.6. The molecule has 0 spiro atoms. The molecule has 2 saturated carbocycles. The van der Waals surface area contributed by atoms with Gasteiger partial charge in [0.05, 0.1) is 0 Å². The summed E-state index contributed by atoms with van der Waals surface area (Å²) in [5.74, 6) is -2.11. The Labute approximate surface area is 150 Å². The number of carboxylic acids is 1. The van der Waals surface area contributed by atoms with Crippen molar-refractivity contribution in [1.82, 2.24) is 5.43 Å². The number of carbonyl (C=O) groups excluding carboxylic acids is 2. The molecule has 1 aromatic rings. The van der Waals surface area contributed by atoms with Gasteiger partial charge in [0.15, 0.2) is 5.78 Å². The van der Waals surface area contributed by atoms with Gasteiger partial charge in [-0.2, -0.15) is 5.10 Å². The molecule has 0 radical (unpaired) electrons. The number of rotatable bonds is 3. The van der Waals surface area contributed by atoms with Crippen LogP contribution in [0.5, 0.6) is 0 Å². The Hall–Kier alpha value is -2.21. The van der Waals surface area contributed by atoms with E-state index in [2.05, 4.69) is 10.5 Å². The number of carbonyl (C=O) groups is 3. The molecule has 1 aromatic carbocycles. The Kier molecular flexibility index (Phi) is 3.80. The van der Waals surface area contributed by atoms with Crippen LogP contribution in [0.15, 0.2) is 29.4 Å². The molecule has 3 rings (SSSR count). The summed E-state index contributed by atoms with van der Waals surface area (Å²) in [6, 6.07) is 6.25. The van der Waals surface area contributed by atoms with Gasteiger partial charge < -0.3 is 5.11 Å². The van der Waals surface area contributed by atoms with Crippen LogP contribution in [-0.2, 0) is 9.59 Å². The fourth-order valence-corrected chi connectivity index (χ4v) is 4.34. The maximum absolute atomic E-state index is 12.9. The van der Waals surface area contributed by atoms with E-state index >= 15 is 0 Å². The molecule has 0 heterocycles. The number of aliphatic carboxylic acids is 1. The molecule has 2 aliphatic carbocycles. The lowest BCUT2D eigenvalue weighted by atomic mass is 9.65. The van der Waals surface area contributed by atoms with E-state index in [4.69, 9.17) is 11.6 Å². The highest BCUT2D eigenvalue weighted by Crippen LogP contribution is 2.69. The molecule has 132 valence electrons. The second-order valence-corrected chi connectivity index (χ2v) is 7.84. The summed E-state index contributed by atoms with van der Waals surface area (Å²) in [7, 11) is 0. The molecule has 0 aliphatic heterocycles. The molecule has 1 amide bonds. The lowest BCUT2D eigenvalue weighted by Gasteiger charge is -2.36. The van der Waals surface area contributed by atoms with E-state index in [0.717, 1.165) is 0 Å². The molecular formula is C18H19ClN2O4. The van der Waals surface area contributed by atoms with Crippen molar-refractivity contribution < 1.29 is 19.5 Å². The van der Waals surface area contributed by atoms with Crippen molar-refractivity contribution >= 4 is 35.0 Å². The van der Waals surface area contributed by atoms with Crippen molar-refractivity contribution in [3.8, 4) is 0 Å². The van der Waals surface area contributed by atoms with Gasteiger partial charge in [0.2, 0.25) is 0 Å². The molecular weight excluding hydrogens is 344 g/mol. The first kappa shape index (κ1) is 17.6. The van der Waals surface area contributed by atoms with E-state index in [1.165, 1.54) is 0 Å². The van der Waals surface area contributed by atoms with Crippen molar-refractivity contribution in [1.29, 1.82) is 0 Å². The number of Topliss-reactive ketones (excluding diaryl/α,β-unsaturated/α-hetero) is 1. The van der Waals surface area contributed by atoms with Crippen LogP contribution >= 0.6 is 11.6 Å². The zero-order valence-corrected chi connectivity index (χ0v) is 15.0. The second kappa shape index (κ2) is 5.39. The normalized spacial score (nSPS) is 31.4. The van der Waals surface area contributed by atoms with Crippen molar-refractivity contribution in [2.75, 3.05) is 0 Å². The van der Waals surface area contributed by atoms with Gasteiger partial charge in [-0.3, -0.25) is 14.4 Å². The van der Waals surface area contributed by atoms with E-state index in [0.29, 0.717) is 17.0 Å². The first-order valence-electron chi connectivity index (χ1n) is 8.00. The summed E-state index contributed by atoms with van der Waals surface area (Å²) in [6.45, 7) is 5.42. The third-order valence-electron chi connectivity index (χ3n) is 6.31. The largest absolute Gasteiger partial charge is 0.480 e. The highest BCUT2D eigenvalue weighted by molar-refractivity contribution is 6.50. The predicted molar refractivity (Wildman–Crippen MR) is 92.6 cm³/mol. The monoisotopic (exact) mass is 362 g/mol. The van der Waals surface area contributed by atoms with Gasteiger partial charge in [0.25, 0.3) is 5.91 Å². The van der Waals surface area contributed by atoms with E-state index in [-0.39, 0.29) is 12.1 Å². The van der Waals surface area contributed by atoms with Crippen LogP contribution in [0.1, 0.15) is 44.0 Å². The van der Waals surface area contributed by atoms with Gasteiger partial charge in [-0.25, -0.2) is 5.43 Å². The smallest absolute Gasteiger partial charge is 0.318 e. The fourth-order valence-electron chi connectivity index (χ4n) is 4.22. The van der Waals surface area contributed by atoms with Crippen LogP contribution in [0, 0.1) is 16.2 Å². The van der Waals surface area contributed by atoms with Gasteiger partial charge >= 0.3 is 5.97 Å². The number of nitrogens with one attached hydrogen (secondary N) is 1. The zero-order chi connectivity index (χ0) is 18.6. The van der Waals surface area contributed by atoms with Crippen LogP contribution in [-0.4, -0.2) is 28.5 Å². The standard InChI is InChI=1S/C18H19ClN2O4/c1-16(2)17(3)8-9-18(16,15(24)25)13(22)12(17)20-21-14(23)10-4-6-11(19)7-5-10/h4-7H,8-9H2,1-3H3,(H,21,23)(H,24,25)/b20-12+/t17-,18+/m0/s1. The van der Waals surface area contributed by atoms with Gasteiger partial charge in [0, 0.05) is 16.0 Å². The third kappa shape index (κ3) is 2.10. The van der Waals surface area contributed by atoms with Crippen LogP contribution in [0.25, 0.3) is 0 Å². The summed E-state index contributed by atoms with van der Waals surface area (Å²) in [5, 5.41) is 14.3. The minimum atomic E-state index is -1.48. The Morgan fingerprint density at radius 2 is 1.76 bits per heavy atom. The molecule has 2 aliphatic rings. The fraction of sp³-hybridized carbons (Fsp3) is 0.444. The molecule has 0 unspecified atom stereocenters. The van der Waals surface area contributed by atoms with Crippen LogP contribution < -0.4 is 5.43 Å². The molecule has 0 saturated heterocycles. The maximum atomic E-state index is 12.9. The third-order valence-corrected chi connectivity index (χ3v) is 6.56. The number of nitrogens with zero attached hydrogens (tertiary/aromatic N) is 1. The van der Waals surface area contributed by atoms with Crippen LogP contribution in [0.4, 0.5) is 0 Å². The summed E-state index contributed by atoms with van der Waals surface area (Å²) in [6.07, 6.45) is 0.822. The number of halogens is 1. The summed E-state index contributed by atoms with van der Waals surface area (Å²) < 4.78 is 0. The number of amides is 1. The molecule has 25 heavy (non-hydrogen) atoms. The van der Waals surface area contributed by atoms with Gasteiger partial charge in [-0.05, 0) is 42.5 Å². The van der Waals surface area contributed by atoms with E-state index < -0.39 is 33.9 Å². The van der Waals surface area contributed by atoms with Crippen molar-refractivity contribution in [3.63, 3.8) is 0 Å². The number of carboxylic acid groups (broad SMARTS) is 1. The Morgan fingerprint density at radius 1 is 1.16 bits per heavy atom. The predicted octanol–water partition coefficient (Wildman–Crippen LogP) is 2.91. The van der Waals surface area contributed by atoms with Crippen LogP contribution in [0.3, 0.4) is 0 Å². The summed E-state index contributed by atoms with van der Waals surface area (Å²) in [4.78, 5) is 37.0. The second-order valence-electron chi connectivity index (χ2n) is 7.40. The van der Waals surface area contributed by atoms with E-state index in [1.807, 2.05) is 6.92 Å². The minimum absolute atomic E-state index is 0.133.